The Bertz CT molecular complexity index is 332. The van der Waals surface area contributed by atoms with Crippen molar-refractivity contribution in [3.63, 3.8) is 0 Å². The van der Waals surface area contributed by atoms with Crippen molar-refractivity contribution >= 4 is 11.8 Å². The van der Waals surface area contributed by atoms with Crippen LogP contribution in [-0.4, -0.2) is 26.0 Å². The van der Waals surface area contributed by atoms with Crippen LogP contribution in [0.3, 0.4) is 0 Å². The van der Waals surface area contributed by atoms with Crippen molar-refractivity contribution in [3.05, 3.63) is 29.8 Å². The van der Waals surface area contributed by atoms with Crippen LogP contribution in [-0.2, 0) is 10.2 Å². The quantitative estimate of drug-likeness (QED) is 0.799. The van der Waals surface area contributed by atoms with Gasteiger partial charge >= 0.3 is 0 Å². The molecule has 2 nitrogen and oxygen atoms in total. The van der Waals surface area contributed by atoms with Crippen molar-refractivity contribution in [3.8, 4) is 0 Å². The Kier molecular flexibility index (Phi) is 3.90. The van der Waals surface area contributed by atoms with Gasteiger partial charge in [-0.1, -0.05) is 12.1 Å². The minimum absolute atomic E-state index is 0.246. The third-order valence-corrected chi connectivity index (χ3v) is 4.06. The Balaban J connectivity index is 2.13. The Morgan fingerprint density at radius 3 is 2.44 bits per heavy atom. The molecule has 1 heterocycles. The van der Waals surface area contributed by atoms with E-state index in [9.17, 15) is 0 Å². The van der Waals surface area contributed by atoms with E-state index in [2.05, 4.69) is 30.5 Å². The van der Waals surface area contributed by atoms with Crippen molar-refractivity contribution in [2.24, 2.45) is 5.73 Å². The van der Waals surface area contributed by atoms with Crippen LogP contribution in [0.1, 0.15) is 18.4 Å². The lowest BCUT2D eigenvalue weighted by Crippen LogP contribution is -2.46. The van der Waals surface area contributed by atoms with Gasteiger partial charge in [-0.15, -0.1) is 11.8 Å². The van der Waals surface area contributed by atoms with Gasteiger partial charge in [0.2, 0.25) is 0 Å². The fourth-order valence-electron chi connectivity index (χ4n) is 2.19. The van der Waals surface area contributed by atoms with Crippen LogP contribution >= 0.6 is 11.8 Å². The first kappa shape index (κ1) is 12.0. The number of thioether (sulfide) groups is 1. The molecule has 88 valence electrons. The van der Waals surface area contributed by atoms with Gasteiger partial charge in [0.1, 0.15) is 0 Å². The molecule has 0 aliphatic carbocycles. The van der Waals surface area contributed by atoms with E-state index >= 15 is 0 Å². The molecule has 0 unspecified atom stereocenters. The van der Waals surface area contributed by atoms with Crippen molar-refractivity contribution in [2.45, 2.75) is 23.2 Å². The van der Waals surface area contributed by atoms with Gasteiger partial charge in [-0.2, -0.15) is 0 Å². The first-order valence-corrected chi connectivity index (χ1v) is 6.95. The lowest BCUT2D eigenvalue weighted by molar-refractivity contribution is -0.0649. The van der Waals surface area contributed by atoms with E-state index in [4.69, 9.17) is 10.5 Å². The molecule has 0 saturated carbocycles. The van der Waals surface area contributed by atoms with Crippen molar-refractivity contribution in [1.82, 2.24) is 0 Å². The fraction of sp³-hybridized carbons (Fsp3) is 0.538. The zero-order chi connectivity index (χ0) is 11.4. The zero-order valence-electron chi connectivity index (χ0n) is 9.74. The molecule has 0 spiro atoms. The molecule has 1 fully saturated rings. The summed E-state index contributed by atoms with van der Waals surface area (Å²) in [5, 5.41) is 0. The average molecular weight is 237 g/mol. The largest absolute Gasteiger partial charge is 0.379 e. The summed E-state index contributed by atoms with van der Waals surface area (Å²) in [4.78, 5) is 1.32. The fourth-order valence-corrected chi connectivity index (χ4v) is 2.60. The monoisotopic (exact) mass is 237 g/mol. The maximum absolute atomic E-state index is 5.59. The maximum Gasteiger partial charge on any atom is 0.0585 e. The Labute approximate surface area is 102 Å². The highest BCUT2D eigenvalue weighted by Crippen LogP contribution is 2.37. The molecule has 1 aromatic rings. The summed E-state index contributed by atoms with van der Waals surface area (Å²) in [5.41, 5.74) is 7.25. The van der Waals surface area contributed by atoms with Crippen LogP contribution < -0.4 is 5.73 Å². The summed E-state index contributed by atoms with van der Waals surface area (Å²) in [6, 6.07) is 8.88. The van der Waals surface area contributed by atoms with E-state index in [0.717, 1.165) is 32.6 Å². The van der Waals surface area contributed by atoms with Crippen LogP contribution in [0.5, 0.6) is 0 Å². The summed E-state index contributed by atoms with van der Waals surface area (Å²) >= 11 is 1.78. The summed E-state index contributed by atoms with van der Waals surface area (Å²) in [6.45, 7) is 2.47. The molecule has 3 heteroatoms. The SMILES string of the molecule is CSc1ccc(C2(CCCN)COC2)cc1. The summed E-state index contributed by atoms with van der Waals surface area (Å²) in [6.07, 6.45) is 4.32. The Hall–Kier alpha value is -0.510. The van der Waals surface area contributed by atoms with Crippen LogP contribution in [0.25, 0.3) is 0 Å². The molecule has 0 aromatic heterocycles. The zero-order valence-corrected chi connectivity index (χ0v) is 10.6. The molecule has 16 heavy (non-hydrogen) atoms. The molecule has 1 aromatic carbocycles. The standard InChI is InChI=1S/C13H19NOS/c1-16-12-5-3-11(4-6-12)13(7-2-8-14)9-15-10-13/h3-6H,2,7-10,14H2,1H3. The van der Waals surface area contributed by atoms with E-state index < -0.39 is 0 Å². The molecule has 2 N–H and O–H groups in total. The van der Waals surface area contributed by atoms with Crippen LogP contribution in [0, 0.1) is 0 Å². The molecule has 0 bridgehead atoms. The summed E-state index contributed by atoms with van der Waals surface area (Å²) in [5.74, 6) is 0. The second-order valence-corrected chi connectivity index (χ2v) is 5.27. The van der Waals surface area contributed by atoms with E-state index in [0.29, 0.717) is 0 Å². The van der Waals surface area contributed by atoms with Gasteiger partial charge in [-0.25, -0.2) is 0 Å². The van der Waals surface area contributed by atoms with Crippen molar-refractivity contribution in [2.75, 3.05) is 26.0 Å². The highest BCUT2D eigenvalue weighted by molar-refractivity contribution is 7.98. The summed E-state index contributed by atoms with van der Waals surface area (Å²) in [7, 11) is 0. The number of rotatable bonds is 5. The number of hydrogen-bond acceptors (Lipinski definition) is 3. The molecule has 0 radical (unpaired) electrons. The Morgan fingerprint density at radius 1 is 1.31 bits per heavy atom. The average Bonchev–Trinajstić information content (AvgIpc) is 2.29. The van der Waals surface area contributed by atoms with Gasteiger partial charge in [-0.05, 0) is 43.3 Å². The lowest BCUT2D eigenvalue weighted by Gasteiger charge is -2.42. The maximum atomic E-state index is 5.59. The molecule has 1 aliphatic heterocycles. The van der Waals surface area contributed by atoms with Crippen molar-refractivity contribution < 1.29 is 4.74 Å². The Morgan fingerprint density at radius 2 is 2.00 bits per heavy atom. The van der Waals surface area contributed by atoms with Gasteiger partial charge in [0.25, 0.3) is 0 Å². The molecule has 0 amide bonds. The topological polar surface area (TPSA) is 35.2 Å². The lowest BCUT2D eigenvalue weighted by atomic mass is 9.75. The highest BCUT2D eigenvalue weighted by Gasteiger charge is 2.39. The number of benzene rings is 1. The van der Waals surface area contributed by atoms with Gasteiger partial charge < -0.3 is 10.5 Å². The second-order valence-electron chi connectivity index (χ2n) is 4.39. The van der Waals surface area contributed by atoms with Gasteiger partial charge in [0.05, 0.1) is 13.2 Å². The predicted octanol–water partition coefficient (Wildman–Crippen LogP) is 2.42. The molecule has 0 atom stereocenters. The van der Waals surface area contributed by atoms with Crippen LogP contribution in [0.15, 0.2) is 29.2 Å². The highest BCUT2D eigenvalue weighted by atomic mass is 32.2. The molecule has 1 aliphatic rings. The van der Waals surface area contributed by atoms with E-state index in [1.54, 1.807) is 11.8 Å². The molecular weight excluding hydrogens is 218 g/mol. The van der Waals surface area contributed by atoms with Crippen LogP contribution in [0.2, 0.25) is 0 Å². The van der Waals surface area contributed by atoms with Crippen LogP contribution in [0.4, 0.5) is 0 Å². The third kappa shape index (κ3) is 2.26. The number of nitrogens with two attached hydrogens (primary N) is 1. The molecule has 2 rings (SSSR count). The number of hydrogen-bond donors (Lipinski definition) is 1. The first-order valence-electron chi connectivity index (χ1n) is 5.73. The molecule has 1 saturated heterocycles. The van der Waals surface area contributed by atoms with E-state index in [1.165, 1.54) is 10.5 Å². The summed E-state index contributed by atoms with van der Waals surface area (Å²) < 4.78 is 5.40. The van der Waals surface area contributed by atoms with Gasteiger partial charge in [0.15, 0.2) is 0 Å². The first-order chi connectivity index (χ1) is 7.80. The minimum atomic E-state index is 0.246. The van der Waals surface area contributed by atoms with E-state index in [1.807, 2.05) is 0 Å². The normalized spacial score (nSPS) is 18.1. The smallest absolute Gasteiger partial charge is 0.0585 e. The second kappa shape index (κ2) is 5.21. The van der Waals surface area contributed by atoms with E-state index in [-0.39, 0.29) is 5.41 Å². The predicted molar refractivity (Wildman–Crippen MR) is 69.0 cm³/mol. The van der Waals surface area contributed by atoms with Gasteiger partial charge in [0, 0.05) is 10.3 Å². The number of ether oxygens (including phenoxy) is 1. The minimum Gasteiger partial charge on any atom is -0.379 e. The molecular formula is C13H19NOS. The van der Waals surface area contributed by atoms with Crippen molar-refractivity contribution in [1.29, 1.82) is 0 Å². The third-order valence-electron chi connectivity index (χ3n) is 3.32. The van der Waals surface area contributed by atoms with Gasteiger partial charge in [-0.3, -0.25) is 0 Å².